The average Bonchev–Trinajstić information content (AvgIpc) is 2.16. The van der Waals surface area contributed by atoms with E-state index in [1.807, 2.05) is 13.8 Å². The summed E-state index contributed by atoms with van der Waals surface area (Å²) in [5.41, 5.74) is 0. The van der Waals surface area contributed by atoms with Gasteiger partial charge >= 0.3 is 5.97 Å². The van der Waals surface area contributed by atoms with Crippen LogP contribution in [0.4, 0.5) is 0 Å². The number of aliphatic hydroxyl groups excluding tert-OH is 1. The number of carbonyl (C=O) groups is 1. The van der Waals surface area contributed by atoms with Crippen molar-refractivity contribution in [2.24, 2.45) is 17.8 Å². The Bertz CT molecular complexity index is 187. The number of hydrogen-bond acceptors (Lipinski definition) is 3. The molecule has 0 bridgehead atoms. The van der Waals surface area contributed by atoms with Crippen molar-refractivity contribution in [1.29, 1.82) is 0 Å². The molecule has 0 heterocycles. The summed E-state index contributed by atoms with van der Waals surface area (Å²) in [4.78, 5) is 11.5. The second-order valence-corrected chi connectivity index (χ2v) is 4.84. The lowest BCUT2D eigenvalue weighted by Gasteiger charge is -2.24. The Morgan fingerprint density at radius 3 is 2.07 bits per heavy atom. The second kappa shape index (κ2) is 6.83. The number of ether oxygens (including phenoxy) is 1. The molecule has 0 aliphatic rings. The van der Waals surface area contributed by atoms with E-state index in [1.165, 1.54) is 7.11 Å². The Labute approximate surface area is 92.8 Å². The van der Waals surface area contributed by atoms with Crippen LogP contribution in [-0.4, -0.2) is 24.3 Å². The summed E-state index contributed by atoms with van der Waals surface area (Å²) in [6.07, 6.45) is 1.03. The third kappa shape index (κ3) is 5.17. The van der Waals surface area contributed by atoms with Crippen LogP contribution in [0, 0.1) is 17.8 Å². The lowest BCUT2D eigenvalue weighted by atomic mass is 9.87. The molecule has 0 fully saturated rings. The molecule has 90 valence electrons. The number of hydrogen-bond donors (Lipinski definition) is 1. The SMILES string of the molecule is COC(=O)[C@H](CCC(C)C)[C@H](O)C(C)C. The Hall–Kier alpha value is -0.570. The first kappa shape index (κ1) is 14.4. The first-order chi connectivity index (χ1) is 6.90. The molecular weight excluding hydrogens is 192 g/mol. The maximum Gasteiger partial charge on any atom is 0.311 e. The quantitative estimate of drug-likeness (QED) is 0.692. The largest absolute Gasteiger partial charge is 0.469 e. The zero-order valence-electron chi connectivity index (χ0n) is 10.5. The fourth-order valence-corrected chi connectivity index (χ4v) is 1.56. The van der Waals surface area contributed by atoms with Gasteiger partial charge in [-0.25, -0.2) is 0 Å². The van der Waals surface area contributed by atoms with Crippen molar-refractivity contribution >= 4 is 5.97 Å². The van der Waals surface area contributed by atoms with Crippen molar-refractivity contribution in [3.63, 3.8) is 0 Å². The van der Waals surface area contributed by atoms with E-state index < -0.39 is 6.10 Å². The van der Waals surface area contributed by atoms with E-state index in [-0.39, 0.29) is 17.8 Å². The van der Waals surface area contributed by atoms with Crippen LogP contribution in [0.25, 0.3) is 0 Å². The number of aliphatic hydroxyl groups is 1. The van der Waals surface area contributed by atoms with Gasteiger partial charge in [0.15, 0.2) is 0 Å². The molecule has 0 amide bonds. The highest BCUT2D eigenvalue weighted by atomic mass is 16.5. The molecule has 0 aliphatic carbocycles. The van der Waals surface area contributed by atoms with E-state index in [0.29, 0.717) is 12.3 Å². The van der Waals surface area contributed by atoms with Gasteiger partial charge in [-0.1, -0.05) is 34.1 Å². The van der Waals surface area contributed by atoms with Crippen molar-refractivity contribution in [1.82, 2.24) is 0 Å². The molecule has 0 rings (SSSR count). The molecule has 1 N–H and O–H groups in total. The molecule has 0 aromatic rings. The lowest BCUT2D eigenvalue weighted by molar-refractivity contribution is -0.151. The molecular formula is C12H24O3. The minimum absolute atomic E-state index is 0.0845. The van der Waals surface area contributed by atoms with Gasteiger partial charge in [0.25, 0.3) is 0 Å². The maximum atomic E-state index is 11.5. The van der Waals surface area contributed by atoms with Crippen molar-refractivity contribution in [3.8, 4) is 0 Å². The van der Waals surface area contributed by atoms with Crippen LogP contribution < -0.4 is 0 Å². The van der Waals surface area contributed by atoms with Gasteiger partial charge in [0.05, 0.1) is 19.1 Å². The predicted octanol–water partition coefficient (Wildman–Crippen LogP) is 2.23. The van der Waals surface area contributed by atoms with Gasteiger partial charge < -0.3 is 9.84 Å². The van der Waals surface area contributed by atoms with Crippen LogP contribution in [0.15, 0.2) is 0 Å². The summed E-state index contributed by atoms with van der Waals surface area (Å²) in [5.74, 6) is -0.0490. The van der Waals surface area contributed by atoms with Crippen molar-refractivity contribution < 1.29 is 14.6 Å². The third-order valence-electron chi connectivity index (χ3n) is 2.65. The van der Waals surface area contributed by atoms with E-state index in [2.05, 4.69) is 13.8 Å². The first-order valence-electron chi connectivity index (χ1n) is 5.66. The summed E-state index contributed by atoms with van der Waals surface area (Å²) < 4.78 is 4.72. The molecule has 15 heavy (non-hydrogen) atoms. The van der Waals surface area contributed by atoms with Gasteiger partial charge in [-0.2, -0.15) is 0 Å². The number of rotatable bonds is 6. The zero-order valence-corrected chi connectivity index (χ0v) is 10.5. The monoisotopic (exact) mass is 216 g/mol. The predicted molar refractivity (Wildman–Crippen MR) is 60.4 cm³/mol. The van der Waals surface area contributed by atoms with Crippen molar-refractivity contribution in [2.45, 2.75) is 46.6 Å². The van der Waals surface area contributed by atoms with Gasteiger partial charge in [-0.15, -0.1) is 0 Å². The molecule has 0 saturated heterocycles. The van der Waals surface area contributed by atoms with E-state index in [0.717, 1.165) is 6.42 Å². The first-order valence-corrected chi connectivity index (χ1v) is 5.66. The van der Waals surface area contributed by atoms with Crippen LogP contribution in [0.3, 0.4) is 0 Å². The molecule has 0 spiro atoms. The number of esters is 1. The summed E-state index contributed by atoms with van der Waals surface area (Å²) in [5, 5.41) is 9.90. The van der Waals surface area contributed by atoms with Gasteiger partial charge in [-0.05, 0) is 18.3 Å². The molecule has 0 radical (unpaired) electrons. The van der Waals surface area contributed by atoms with E-state index in [1.54, 1.807) is 0 Å². The summed E-state index contributed by atoms with van der Waals surface area (Å²) >= 11 is 0. The zero-order chi connectivity index (χ0) is 12.0. The Kier molecular flexibility index (Phi) is 6.57. The molecule has 3 nitrogen and oxygen atoms in total. The third-order valence-corrected chi connectivity index (χ3v) is 2.65. The van der Waals surface area contributed by atoms with Gasteiger partial charge in [0.1, 0.15) is 0 Å². The molecule has 0 aromatic carbocycles. The molecule has 3 heteroatoms. The van der Waals surface area contributed by atoms with E-state index >= 15 is 0 Å². The topological polar surface area (TPSA) is 46.5 Å². The summed E-state index contributed by atoms with van der Waals surface area (Å²) in [7, 11) is 1.37. The van der Waals surface area contributed by atoms with E-state index in [4.69, 9.17) is 4.74 Å². The van der Waals surface area contributed by atoms with Crippen molar-refractivity contribution in [3.05, 3.63) is 0 Å². The average molecular weight is 216 g/mol. The smallest absolute Gasteiger partial charge is 0.311 e. The molecule has 0 unspecified atom stereocenters. The fraction of sp³-hybridized carbons (Fsp3) is 0.917. The van der Waals surface area contributed by atoms with Crippen LogP contribution in [0.2, 0.25) is 0 Å². The molecule has 0 saturated carbocycles. The summed E-state index contributed by atoms with van der Waals surface area (Å²) in [6.45, 7) is 8.04. The minimum Gasteiger partial charge on any atom is -0.469 e. The molecule has 0 aromatic heterocycles. The number of carbonyl (C=O) groups excluding carboxylic acids is 1. The second-order valence-electron chi connectivity index (χ2n) is 4.84. The van der Waals surface area contributed by atoms with Crippen molar-refractivity contribution in [2.75, 3.05) is 7.11 Å². The van der Waals surface area contributed by atoms with Gasteiger partial charge in [-0.3, -0.25) is 4.79 Å². The highest BCUT2D eigenvalue weighted by Crippen LogP contribution is 2.21. The van der Waals surface area contributed by atoms with E-state index in [9.17, 15) is 9.90 Å². The highest BCUT2D eigenvalue weighted by Gasteiger charge is 2.29. The van der Waals surface area contributed by atoms with Gasteiger partial charge in [0.2, 0.25) is 0 Å². The molecule has 2 atom stereocenters. The molecule has 0 aliphatic heterocycles. The summed E-state index contributed by atoms with van der Waals surface area (Å²) in [6, 6.07) is 0. The number of methoxy groups -OCH3 is 1. The maximum absolute atomic E-state index is 11.5. The minimum atomic E-state index is -0.601. The Balaban J connectivity index is 4.37. The Morgan fingerprint density at radius 1 is 1.20 bits per heavy atom. The standard InChI is InChI=1S/C12H24O3/c1-8(2)6-7-10(12(14)15-5)11(13)9(3)4/h8-11,13H,6-7H2,1-5H3/t10-,11-/m1/s1. The highest BCUT2D eigenvalue weighted by molar-refractivity contribution is 5.72. The fourth-order valence-electron chi connectivity index (χ4n) is 1.56. The van der Waals surface area contributed by atoms with Crippen LogP contribution in [-0.2, 0) is 9.53 Å². The van der Waals surface area contributed by atoms with Gasteiger partial charge in [0, 0.05) is 0 Å². The van der Waals surface area contributed by atoms with Crippen LogP contribution in [0.1, 0.15) is 40.5 Å². The Morgan fingerprint density at radius 2 is 1.73 bits per heavy atom. The van der Waals surface area contributed by atoms with Crippen LogP contribution >= 0.6 is 0 Å². The van der Waals surface area contributed by atoms with Crippen LogP contribution in [0.5, 0.6) is 0 Å². The lowest BCUT2D eigenvalue weighted by Crippen LogP contribution is -2.33. The normalized spacial score (nSPS) is 15.5.